The summed E-state index contributed by atoms with van der Waals surface area (Å²) >= 11 is 0. The van der Waals surface area contributed by atoms with Gasteiger partial charge in [0.05, 0.1) is 23.7 Å². The summed E-state index contributed by atoms with van der Waals surface area (Å²) in [5.74, 6) is -1.26. The largest absolute Gasteiger partial charge is 0.347 e. The molecule has 0 bridgehead atoms. The highest BCUT2D eigenvalue weighted by molar-refractivity contribution is 5.96. The topological polar surface area (TPSA) is 130 Å². The first-order valence-electron chi connectivity index (χ1n) is 9.34. The van der Waals surface area contributed by atoms with Crippen LogP contribution in [0.15, 0.2) is 0 Å². The van der Waals surface area contributed by atoms with Crippen molar-refractivity contribution in [2.45, 2.75) is 90.9 Å². The number of hydrogen-bond acceptors (Lipinski definition) is 6. The lowest BCUT2D eigenvalue weighted by atomic mass is 9.93. The van der Waals surface area contributed by atoms with Crippen LogP contribution in [0.25, 0.3) is 0 Å². The normalized spacial score (nSPS) is 17.2. The van der Waals surface area contributed by atoms with Crippen molar-refractivity contribution in [1.29, 1.82) is 0 Å². The van der Waals surface area contributed by atoms with Gasteiger partial charge in [-0.2, -0.15) is 0 Å². The van der Waals surface area contributed by atoms with E-state index in [1.165, 1.54) is 6.92 Å². The predicted molar refractivity (Wildman–Crippen MR) is 105 cm³/mol. The molecule has 3 atom stereocenters. The maximum Gasteiger partial charge on any atom is 0.245 e. The van der Waals surface area contributed by atoms with Crippen LogP contribution >= 0.6 is 0 Å². The Balaban J connectivity index is 4.89. The first-order valence-corrected chi connectivity index (χ1v) is 9.34. The minimum absolute atomic E-state index is 0.0686. The van der Waals surface area contributed by atoms with E-state index in [0.717, 1.165) is 0 Å². The highest BCUT2D eigenvalue weighted by Gasteiger charge is 2.35. The zero-order valence-corrected chi connectivity index (χ0v) is 17.9. The number of nitrogens with one attached hydrogen (secondary N) is 3. The molecular formula is C19H36N4O4. The molecule has 0 saturated heterocycles. The molecule has 0 aromatic rings. The molecule has 0 fully saturated rings. The van der Waals surface area contributed by atoms with E-state index in [-0.39, 0.29) is 18.1 Å². The number of rotatable bonds is 11. The molecule has 0 heterocycles. The summed E-state index contributed by atoms with van der Waals surface area (Å²) in [4.78, 5) is 48.7. The summed E-state index contributed by atoms with van der Waals surface area (Å²) in [5, 5.41) is 8.20. The van der Waals surface area contributed by atoms with Crippen LogP contribution in [0.3, 0.4) is 0 Å². The summed E-state index contributed by atoms with van der Waals surface area (Å²) in [6.45, 7) is 13.0. The van der Waals surface area contributed by atoms with Gasteiger partial charge in [0.2, 0.25) is 11.8 Å². The van der Waals surface area contributed by atoms with E-state index in [9.17, 15) is 19.2 Å². The Morgan fingerprint density at radius 3 is 1.93 bits per heavy atom. The Labute approximate surface area is 162 Å². The Bertz CT molecular complexity index is 586. The van der Waals surface area contributed by atoms with Gasteiger partial charge in [0.25, 0.3) is 0 Å². The van der Waals surface area contributed by atoms with Crippen LogP contribution in [0, 0.1) is 0 Å². The standard InChI is InChI=1S/C19H36N4O4/c1-9-18(7,20)14(25)11-21-16(27)17(5,6)23-15(26)12(3)22-19(8,10-2)13(4)24/h12,22H,9-11,20H2,1-8H3,(H,21,27)(H,23,26). The van der Waals surface area contributed by atoms with Crippen molar-refractivity contribution in [3.8, 4) is 0 Å². The zero-order valence-electron chi connectivity index (χ0n) is 17.9. The Hall–Kier alpha value is -1.80. The molecule has 156 valence electrons. The quantitative estimate of drug-likeness (QED) is 0.409. The van der Waals surface area contributed by atoms with Crippen LogP contribution in [0.5, 0.6) is 0 Å². The highest BCUT2D eigenvalue weighted by atomic mass is 16.2. The number of hydrogen-bond donors (Lipinski definition) is 4. The third kappa shape index (κ3) is 7.03. The van der Waals surface area contributed by atoms with Gasteiger partial charge < -0.3 is 16.4 Å². The average Bonchev–Trinajstić information content (AvgIpc) is 2.58. The van der Waals surface area contributed by atoms with E-state index >= 15 is 0 Å². The molecule has 0 aliphatic carbocycles. The summed E-state index contributed by atoms with van der Waals surface area (Å²) in [7, 11) is 0. The summed E-state index contributed by atoms with van der Waals surface area (Å²) in [6.07, 6.45) is 0.985. The Morgan fingerprint density at radius 2 is 1.52 bits per heavy atom. The van der Waals surface area contributed by atoms with E-state index in [4.69, 9.17) is 5.73 Å². The van der Waals surface area contributed by atoms with E-state index < -0.39 is 34.5 Å². The molecule has 5 N–H and O–H groups in total. The second-order valence-electron chi connectivity index (χ2n) is 8.10. The number of amides is 2. The Morgan fingerprint density at radius 1 is 1.00 bits per heavy atom. The second-order valence-corrected chi connectivity index (χ2v) is 8.10. The maximum absolute atomic E-state index is 12.5. The first kappa shape index (κ1) is 25.2. The average molecular weight is 385 g/mol. The predicted octanol–water partition coefficient (Wildman–Crippen LogP) is 0.430. The molecule has 0 radical (unpaired) electrons. The molecule has 3 unspecified atom stereocenters. The van der Waals surface area contributed by atoms with Crippen molar-refractivity contribution in [1.82, 2.24) is 16.0 Å². The maximum atomic E-state index is 12.5. The fraction of sp³-hybridized carbons (Fsp3) is 0.789. The molecule has 0 aromatic carbocycles. The molecule has 8 heteroatoms. The van der Waals surface area contributed by atoms with E-state index in [1.807, 2.05) is 6.92 Å². The molecule has 0 spiro atoms. The molecule has 0 aliphatic rings. The van der Waals surface area contributed by atoms with Crippen LogP contribution in [-0.2, 0) is 19.2 Å². The van der Waals surface area contributed by atoms with Gasteiger partial charge in [0.1, 0.15) is 11.3 Å². The van der Waals surface area contributed by atoms with E-state index in [0.29, 0.717) is 12.8 Å². The van der Waals surface area contributed by atoms with Gasteiger partial charge in [-0.05, 0) is 54.4 Å². The smallest absolute Gasteiger partial charge is 0.245 e. The fourth-order valence-electron chi connectivity index (χ4n) is 2.25. The molecule has 0 rings (SSSR count). The highest BCUT2D eigenvalue weighted by Crippen LogP contribution is 2.12. The lowest BCUT2D eigenvalue weighted by Gasteiger charge is -2.32. The van der Waals surface area contributed by atoms with Crippen molar-refractivity contribution in [2.75, 3.05) is 6.54 Å². The van der Waals surface area contributed by atoms with Gasteiger partial charge in [-0.15, -0.1) is 0 Å². The van der Waals surface area contributed by atoms with Crippen LogP contribution in [-0.4, -0.2) is 52.6 Å². The van der Waals surface area contributed by atoms with Gasteiger partial charge in [-0.25, -0.2) is 0 Å². The zero-order chi connectivity index (χ0) is 21.6. The molecule has 8 nitrogen and oxygen atoms in total. The lowest BCUT2D eigenvalue weighted by molar-refractivity contribution is -0.134. The molecule has 0 aliphatic heterocycles. The molecule has 0 saturated carbocycles. The molecular weight excluding hydrogens is 348 g/mol. The minimum atomic E-state index is -1.23. The number of carbonyl (C=O) groups is 4. The van der Waals surface area contributed by atoms with Crippen molar-refractivity contribution in [2.24, 2.45) is 5.73 Å². The molecule has 0 aromatic heterocycles. The van der Waals surface area contributed by atoms with Crippen molar-refractivity contribution in [3.63, 3.8) is 0 Å². The molecule has 27 heavy (non-hydrogen) atoms. The van der Waals surface area contributed by atoms with Gasteiger partial charge in [-0.3, -0.25) is 24.5 Å². The van der Waals surface area contributed by atoms with Crippen molar-refractivity contribution < 1.29 is 19.2 Å². The Kier molecular flexibility index (Phi) is 8.79. The van der Waals surface area contributed by atoms with Crippen LogP contribution in [0.1, 0.15) is 68.2 Å². The van der Waals surface area contributed by atoms with Crippen molar-refractivity contribution in [3.05, 3.63) is 0 Å². The van der Waals surface area contributed by atoms with E-state index in [2.05, 4.69) is 16.0 Å². The lowest BCUT2D eigenvalue weighted by Crippen LogP contribution is -2.62. The number of Topliss-reactive ketones (excluding diaryl/α,β-unsaturated/α-hetero) is 2. The number of ketones is 2. The third-order valence-electron chi connectivity index (χ3n) is 5.20. The van der Waals surface area contributed by atoms with Gasteiger partial charge in [-0.1, -0.05) is 13.8 Å². The van der Waals surface area contributed by atoms with Gasteiger partial charge in [0.15, 0.2) is 5.78 Å². The van der Waals surface area contributed by atoms with Gasteiger partial charge >= 0.3 is 0 Å². The number of nitrogens with two attached hydrogens (primary N) is 1. The summed E-state index contributed by atoms with van der Waals surface area (Å²) < 4.78 is 0. The first-order chi connectivity index (χ1) is 12.1. The second kappa shape index (κ2) is 9.41. The van der Waals surface area contributed by atoms with Crippen molar-refractivity contribution >= 4 is 23.4 Å². The van der Waals surface area contributed by atoms with Gasteiger partial charge in [0, 0.05) is 0 Å². The third-order valence-corrected chi connectivity index (χ3v) is 5.20. The summed E-state index contributed by atoms with van der Waals surface area (Å²) in [5.41, 5.74) is 2.81. The summed E-state index contributed by atoms with van der Waals surface area (Å²) in [6, 6.07) is -0.681. The monoisotopic (exact) mass is 384 g/mol. The minimum Gasteiger partial charge on any atom is -0.347 e. The SMILES string of the molecule is CCC(C)(N)C(=O)CNC(=O)C(C)(C)NC(=O)C(C)NC(C)(CC)C(C)=O. The number of carbonyl (C=O) groups excluding carboxylic acids is 4. The van der Waals surface area contributed by atoms with E-state index in [1.54, 1.807) is 41.5 Å². The van der Waals surface area contributed by atoms with Crippen LogP contribution in [0.2, 0.25) is 0 Å². The fourth-order valence-corrected chi connectivity index (χ4v) is 2.25. The van der Waals surface area contributed by atoms with Crippen LogP contribution in [0.4, 0.5) is 0 Å². The molecule has 2 amide bonds. The van der Waals surface area contributed by atoms with Crippen LogP contribution < -0.4 is 21.7 Å².